The van der Waals surface area contributed by atoms with Gasteiger partial charge >= 0.3 is 0 Å². The molecule has 7 nitrogen and oxygen atoms in total. The summed E-state index contributed by atoms with van der Waals surface area (Å²) < 4.78 is 41.5. The monoisotopic (exact) mass is 495 g/mol. The standard InChI is InChI=1S/C23H27ClFN3O4S/c1-3-27(4-2)23(30)18-10-9-17(15-19(18)24)26-22(29)16-8-11-20(25)21(14-16)33(31,32)28-12-6-5-7-13-28/h8-11,14-15H,3-7,12-13H2,1-2H3,(H,26,29). The van der Waals surface area contributed by atoms with E-state index in [1.165, 1.54) is 28.6 Å². The summed E-state index contributed by atoms with van der Waals surface area (Å²) in [6.45, 7) is 5.47. The number of hydrogen-bond donors (Lipinski definition) is 1. The Morgan fingerprint density at radius 3 is 2.33 bits per heavy atom. The van der Waals surface area contributed by atoms with Gasteiger partial charge in [0.1, 0.15) is 10.7 Å². The van der Waals surface area contributed by atoms with Crippen LogP contribution >= 0.6 is 11.6 Å². The van der Waals surface area contributed by atoms with Gasteiger partial charge in [-0.1, -0.05) is 18.0 Å². The molecule has 1 aliphatic rings. The van der Waals surface area contributed by atoms with Crippen molar-refractivity contribution in [2.75, 3.05) is 31.5 Å². The second-order valence-electron chi connectivity index (χ2n) is 7.74. The molecule has 1 N–H and O–H groups in total. The zero-order valence-electron chi connectivity index (χ0n) is 18.6. The Hall–Kier alpha value is -2.49. The fourth-order valence-electron chi connectivity index (χ4n) is 3.74. The Balaban J connectivity index is 1.82. The van der Waals surface area contributed by atoms with Crippen LogP contribution in [0.4, 0.5) is 10.1 Å². The number of nitrogens with one attached hydrogen (secondary N) is 1. The predicted molar refractivity (Wildman–Crippen MR) is 126 cm³/mol. The van der Waals surface area contributed by atoms with Crippen LogP contribution in [0.2, 0.25) is 5.02 Å². The molecular weight excluding hydrogens is 469 g/mol. The van der Waals surface area contributed by atoms with Gasteiger partial charge in [0.2, 0.25) is 10.0 Å². The predicted octanol–water partition coefficient (Wildman–Crippen LogP) is 4.39. The number of carbonyl (C=O) groups is 2. The minimum Gasteiger partial charge on any atom is -0.339 e. The van der Waals surface area contributed by atoms with Crippen LogP contribution in [-0.4, -0.2) is 55.6 Å². The van der Waals surface area contributed by atoms with Gasteiger partial charge in [-0.05, 0) is 63.1 Å². The molecule has 2 amide bonds. The van der Waals surface area contributed by atoms with Crippen molar-refractivity contribution in [1.82, 2.24) is 9.21 Å². The highest BCUT2D eigenvalue weighted by Gasteiger charge is 2.29. The van der Waals surface area contributed by atoms with Gasteiger partial charge in [0.05, 0.1) is 10.6 Å². The van der Waals surface area contributed by atoms with Crippen molar-refractivity contribution in [3.05, 3.63) is 58.4 Å². The van der Waals surface area contributed by atoms with Crippen LogP contribution in [0.25, 0.3) is 0 Å². The van der Waals surface area contributed by atoms with Gasteiger partial charge in [0.25, 0.3) is 11.8 Å². The second-order valence-corrected chi connectivity index (χ2v) is 10.0. The summed E-state index contributed by atoms with van der Waals surface area (Å²) in [7, 11) is -4.04. The Labute approximate surface area is 198 Å². The number of anilines is 1. The molecule has 178 valence electrons. The summed E-state index contributed by atoms with van der Waals surface area (Å²) >= 11 is 6.27. The van der Waals surface area contributed by atoms with Crippen molar-refractivity contribution in [3.8, 4) is 0 Å². The lowest BCUT2D eigenvalue weighted by Crippen LogP contribution is -2.36. The minimum absolute atomic E-state index is 0.00796. The zero-order chi connectivity index (χ0) is 24.2. The van der Waals surface area contributed by atoms with Gasteiger partial charge in [0, 0.05) is 37.4 Å². The number of halogens is 2. The number of hydrogen-bond acceptors (Lipinski definition) is 4. The highest BCUT2D eigenvalue weighted by molar-refractivity contribution is 7.89. The largest absolute Gasteiger partial charge is 0.339 e. The molecule has 1 fully saturated rings. The molecule has 2 aromatic carbocycles. The molecule has 10 heteroatoms. The van der Waals surface area contributed by atoms with E-state index in [1.54, 1.807) is 4.90 Å². The van der Waals surface area contributed by atoms with E-state index >= 15 is 0 Å². The van der Waals surface area contributed by atoms with Crippen LogP contribution < -0.4 is 5.32 Å². The summed E-state index contributed by atoms with van der Waals surface area (Å²) in [5.41, 5.74) is 0.632. The Morgan fingerprint density at radius 2 is 1.73 bits per heavy atom. The van der Waals surface area contributed by atoms with E-state index in [-0.39, 0.29) is 16.5 Å². The lowest BCUT2D eigenvalue weighted by Gasteiger charge is -2.26. The van der Waals surface area contributed by atoms with Gasteiger partial charge in [-0.3, -0.25) is 9.59 Å². The lowest BCUT2D eigenvalue weighted by molar-refractivity contribution is 0.0773. The van der Waals surface area contributed by atoms with E-state index in [4.69, 9.17) is 11.6 Å². The average Bonchev–Trinajstić information content (AvgIpc) is 2.80. The number of benzene rings is 2. The lowest BCUT2D eigenvalue weighted by atomic mass is 10.1. The third kappa shape index (κ3) is 5.54. The maximum atomic E-state index is 14.4. The van der Waals surface area contributed by atoms with Gasteiger partial charge in [-0.25, -0.2) is 12.8 Å². The molecule has 0 bridgehead atoms. The van der Waals surface area contributed by atoms with Gasteiger partial charge < -0.3 is 10.2 Å². The van der Waals surface area contributed by atoms with Gasteiger partial charge in [0.15, 0.2) is 0 Å². The van der Waals surface area contributed by atoms with Crippen LogP contribution in [0.1, 0.15) is 53.8 Å². The fraction of sp³-hybridized carbons (Fsp3) is 0.391. The van der Waals surface area contributed by atoms with Crippen LogP contribution in [0.5, 0.6) is 0 Å². The minimum atomic E-state index is -4.04. The quantitative estimate of drug-likeness (QED) is 0.617. The molecule has 1 aliphatic heterocycles. The molecule has 1 saturated heterocycles. The van der Waals surface area contributed by atoms with Crippen molar-refractivity contribution in [3.63, 3.8) is 0 Å². The van der Waals surface area contributed by atoms with Crippen molar-refractivity contribution < 1.29 is 22.4 Å². The Kier molecular flexibility index (Phi) is 8.10. The molecule has 3 rings (SSSR count). The van der Waals surface area contributed by atoms with E-state index in [2.05, 4.69) is 5.32 Å². The first kappa shape index (κ1) is 25.1. The molecule has 0 unspecified atom stereocenters. The summed E-state index contributed by atoms with van der Waals surface area (Å²) in [5.74, 6) is -1.74. The Morgan fingerprint density at radius 1 is 1.06 bits per heavy atom. The molecular formula is C23H27ClFN3O4S. The van der Waals surface area contributed by atoms with Crippen LogP contribution in [0.15, 0.2) is 41.3 Å². The first-order chi connectivity index (χ1) is 15.7. The number of nitrogens with zero attached hydrogens (tertiary/aromatic N) is 2. The van der Waals surface area contributed by atoms with Crippen molar-refractivity contribution >= 4 is 39.1 Å². The zero-order valence-corrected chi connectivity index (χ0v) is 20.2. The number of rotatable bonds is 7. The molecule has 0 spiro atoms. The summed E-state index contributed by atoms with van der Waals surface area (Å²) in [5, 5.41) is 2.80. The van der Waals surface area contributed by atoms with Gasteiger partial charge in [-0.2, -0.15) is 4.31 Å². The van der Waals surface area contributed by atoms with E-state index in [0.29, 0.717) is 50.3 Å². The van der Waals surface area contributed by atoms with E-state index in [9.17, 15) is 22.4 Å². The first-order valence-electron chi connectivity index (χ1n) is 10.9. The molecule has 0 aliphatic carbocycles. The maximum absolute atomic E-state index is 14.4. The smallest absolute Gasteiger partial charge is 0.255 e. The van der Waals surface area contributed by atoms with Crippen molar-refractivity contribution in [2.24, 2.45) is 0 Å². The SMILES string of the molecule is CCN(CC)C(=O)c1ccc(NC(=O)c2ccc(F)c(S(=O)(=O)N3CCCCC3)c2)cc1Cl. The number of carbonyl (C=O) groups excluding carboxylic acids is 2. The molecule has 1 heterocycles. The second kappa shape index (κ2) is 10.6. The first-order valence-corrected chi connectivity index (χ1v) is 12.7. The third-order valence-electron chi connectivity index (χ3n) is 5.63. The van der Waals surface area contributed by atoms with E-state index in [0.717, 1.165) is 18.6 Å². The topological polar surface area (TPSA) is 86.8 Å². The molecule has 33 heavy (non-hydrogen) atoms. The van der Waals surface area contributed by atoms with Crippen molar-refractivity contribution in [1.29, 1.82) is 0 Å². The summed E-state index contributed by atoms with van der Waals surface area (Å²) in [6, 6.07) is 7.76. The fourth-order valence-corrected chi connectivity index (χ4v) is 5.61. The normalized spacial score (nSPS) is 14.7. The number of piperidine rings is 1. The summed E-state index contributed by atoms with van der Waals surface area (Å²) in [4.78, 5) is 26.4. The van der Waals surface area contributed by atoms with Crippen molar-refractivity contribution in [2.45, 2.75) is 38.0 Å². The molecule has 0 radical (unpaired) electrons. The third-order valence-corrected chi connectivity index (χ3v) is 7.86. The van der Waals surface area contributed by atoms with Crippen LogP contribution in [-0.2, 0) is 10.0 Å². The maximum Gasteiger partial charge on any atom is 0.255 e. The molecule has 0 aromatic heterocycles. The van der Waals surface area contributed by atoms with E-state index in [1.807, 2.05) is 13.8 Å². The summed E-state index contributed by atoms with van der Waals surface area (Å²) in [6.07, 6.45) is 2.36. The van der Waals surface area contributed by atoms with E-state index < -0.39 is 26.6 Å². The van der Waals surface area contributed by atoms with Gasteiger partial charge in [-0.15, -0.1) is 0 Å². The highest BCUT2D eigenvalue weighted by Crippen LogP contribution is 2.26. The number of sulfonamides is 1. The highest BCUT2D eigenvalue weighted by atomic mass is 35.5. The Bertz CT molecular complexity index is 1150. The van der Waals surface area contributed by atoms with Crippen LogP contribution in [0, 0.1) is 5.82 Å². The molecule has 0 saturated carbocycles. The number of amides is 2. The molecule has 0 atom stereocenters. The van der Waals surface area contributed by atoms with Crippen LogP contribution in [0.3, 0.4) is 0 Å². The molecule has 2 aromatic rings. The average molecular weight is 496 g/mol.